The quantitative estimate of drug-likeness (QED) is 0.236. The fourth-order valence-corrected chi connectivity index (χ4v) is 2.58. The molecule has 22 heavy (non-hydrogen) atoms. The minimum atomic E-state index is 0. The number of fused-ring (bicyclic) bond motifs is 1. The molecule has 0 amide bonds. The third-order valence-electron chi connectivity index (χ3n) is 3.64. The lowest BCUT2D eigenvalue weighted by atomic mass is 9.90. The van der Waals surface area contributed by atoms with Crippen molar-refractivity contribution in [3.05, 3.63) is 42.0 Å². The first-order valence-electron chi connectivity index (χ1n) is 7.67. The van der Waals surface area contributed by atoms with E-state index in [1.165, 1.54) is 30.4 Å². The minimum Gasteiger partial charge on any atom is -0.379 e. The Balaban J connectivity index is 0.00000242. The molecule has 0 atom stereocenters. The largest absolute Gasteiger partial charge is 0.379 e. The molecule has 2 rings (SSSR count). The molecule has 4 nitrogen and oxygen atoms in total. The highest BCUT2D eigenvalue weighted by molar-refractivity contribution is 14.0. The second-order valence-corrected chi connectivity index (χ2v) is 5.23. The number of hydrogen-bond acceptors (Lipinski definition) is 2. The predicted octanol–water partition coefficient (Wildman–Crippen LogP) is 3.50. The van der Waals surface area contributed by atoms with Gasteiger partial charge in [0, 0.05) is 5.69 Å². The van der Waals surface area contributed by atoms with Gasteiger partial charge in [-0.15, -0.1) is 30.6 Å². The molecule has 0 aliphatic heterocycles. The van der Waals surface area contributed by atoms with Crippen LogP contribution < -0.4 is 11.1 Å². The molecule has 1 aliphatic rings. The van der Waals surface area contributed by atoms with Gasteiger partial charge in [0.1, 0.15) is 0 Å². The van der Waals surface area contributed by atoms with E-state index < -0.39 is 0 Å². The van der Waals surface area contributed by atoms with Crippen LogP contribution in [0.1, 0.15) is 30.4 Å². The number of anilines is 1. The van der Waals surface area contributed by atoms with Crippen molar-refractivity contribution in [3.8, 4) is 0 Å². The van der Waals surface area contributed by atoms with E-state index in [-0.39, 0.29) is 24.0 Å². The third-order valence-corrected chi connectivity index (χ3v) is 3.64. The molecule has 0 radical (unpaired) electrons. The lowest BCUT2D eigenvalue weighted by Gasteiger charge is -2.19. The molecule has 1 aliphatic carbocycles. The van der Waals surface area contributed by atoms with Crippen LogP contribution in [0, 0.1) is 0 Å². The highest BCUT2D eigenvalue weighted by atomic mass is 127. The minimum absolute atomic E-state index is 0. The Kier molecular flexibility index (Phi) is 9.15. The summed E-state index contributed by atoms with van der Waals surface area (Å²) < 4.78 is 5.40. The Morgan fingerprint density at radius 2 is 2.14 bits per heavy atom. The molecule has 1 aromatic carbocycles. The number of nitrogens with zero attached hydrogens (tertiary/aromatic N) is 1. The number of ether oxygens (including phenoxy) is 1. The fourth-order valence-electron chi connectivity index (χ4n) is 2.58. The zero-order chi connectivity index (χ0) is 14.9. The van der Waals surface area contributed by atoms with Crippen LogP contribution in [-0.2, 0) is 17.6 Å². The van der Waals surface area contributed by atoms with Crippen molar-refractivity contribution in [2.75, 3.05) is 25.1 Å². The Bertz CT molecular complexity index is 503. The standard InChI is InChI=1S/C17H25N3O.HI/c1-2-3-12-21-13-11-19-17(18)20-16-10-6-8-14-7-4-5-9-15(14)16;/h2,6,8,10H,1,3-5,7,9,11-13H2,(H3,18,19,20);1H. The second kappa shape index (κ2) is 10.6. The van der Waals surface area contributed by atoms with Gasteiger partial charge in [-0.1, -0.05) is 18.2 Å². The van der Waals surface area contributed by atoms with Gasteiger partial charge in [0.05, 0.1) is 19.8 Å². The lowest BCUT2D eigenvalue weighted by Crippen LogP contribution is -2.24. The fraction of sp³-hybridized carbons (Fsp3) is 0.471. The molecule has 0 spiro atoms. The van der Waals surface area contributed by atoms with E-state index in [2.05, 4.69) is 35.1 Å². The normalized spacial score (nSPS) is 13.9. The van der Waals surface area contributed by atoms with Crippen molar-refractivity contribution in [3.63, 3.8) is 0 Å². The van der Waals surface area contributed by atoms with E-state index in [0.717, 1.165) is 18.5 Å². The second-order valence-electron chi connectivity index (χ2n) is 5.23. The first kappa shape index (κ1) is 19.0. The predicted molar refractivity (Wildman–Crippen MR) is 104 cm³/mol. The van der Waals surface area contributed by atoms with Gasteiger partial charge >= 0.3 is 0 Å². The lowest BCUT2D eigenvalue weighted by molar-refractivity contribution is 0.146. The Hall–Kier alpha value is -1.08. The molecule has 0 aromatic heterocycles. The molecule has 0 heterocycles. The van der Waals surface area contributed by atoms with Gasteiger partial charge in [-0.2, -0.15) is 0 Å². The summed E-state index contributed by atoms with van der Waals surface area (Å²) in [5.41, 5.74) is 9.87. The van der Waals surface area contributed by atoms with Crippen molar-refractivity contribution >= 4 is 35.6 Å². The summed E-state index contributed by atoms with van der Waals surface area (Å²) in [5.74, 6) is 0.460. The molecule has 5 heteroatoms. The van der Waals surface area contributed by atoms with E-state index in [1.54, 1.807) is 0 Å². The summed E-state index contributed by atoms with van der Waals surface area (Å²) >= 11 is 0. The molecule has 0 saturated carbocycles. The smallest absolute Gasteiger partial charge is 0.193 e. The third kappa shape index (κ3) is 5.96. The number of benzene rings is 1. The van der Waals surface area contributed by atoms with Gasteiger partial charge in [-0.25, -0.2) is 0 Å². The topological polar surface area (TPSA) is 59.6 Å². The number of guanidine groups is 1. The number of nitrogens with one attached hydrogen (secondary N) is 1. The Labute approximate surface area is 150 Å². The van der Waals surface area contributed by atoms with Crippen LogP contribution in [0.2, 0.25) is 0 Å². The van der Waals surface area contributed by atoms with Crippen molar-refractivity contribution in [1.29, 1.82) is 0 Å². The highest BCUT2D eigenvalue weighted by Gasteiger charge is 2.12. The van der Waals surface area contributed by atoms with Gasteiger partial charge in [0.25, 0.3) is 0 Å². The van der Waals surface area contributed by atoms with E-state index in [4.69, 9.17) is 10.5 Å². The average Bonchev–Trinajstić information content (AvgIpc) is 2.51. The summed E-state index contributed by atoms with van der Waals surface area (Å²) in [6, 6.07) is 6.37. The Morgan fingerprint density at radius 3 is 2.95 bits per heavy atom. The van der Waals surface area contributed by atoms with Crippen LogP contribution in [0.4, 0.5) is 5.69 Å². The van der Waals surface area contributed by atoms with E-state index in [9.17, 15) is 0 Å². The summed E-state index contributed by atoms with van der Waals surface area (Å²) in [7, 11) is 0. The molecule has 0 unspecified atom stereocenters. The van der Waals surface area contributed by atoms with Crippen LogP contribution in [-0.4, -0.2) is 25.7 Å². The van der Waals surface area contributed by atoms with Gasteiger partial charge in [-0.3, -0.25) is 4.99 Å². The molecule has 0 fully saturated rings. The number of aliphatic imine (C=N–C) groups is 1. The van der Waals surface area contributed by atoms with Gasteiger partial charge in [-0.05, 0) is 49.3 Å². The van der Waals surface area contributed by atoms with E-state index >= 15 is 0 Å². The maximum atomic E-state index is 5.95. The maximum absolute atomic E-state index is 5.95. The number of aryl methyl sites for hydroxylation is 1. The molecular weight excluding hydrogens is 389 g/mol. The van der Waals surface area contributed by atoms with Crippen LogP contribution in [0.25, 0.3) is 0 Å². The van der Waals surface area contributed by atoms with Crippen molar-refractivity contribution < 1.29 is 4.74 Å². The number of hydrogen-bond donors (Lipinski definition) is 2. The average molecular weight is 415 g/mol. The van der Waals surface area contributed by atoms with Crippen LogP contribution >= 0.6 is 24.0 Å². The summed E-state index contributed by atoms with van der Waals surface area (Å²) in [6.07, 6.45) is 7.53. The van der Waals surface area contributed by atoms with Gasteiger partial charge in [0.15, 0.2) is 5.96 Å². The zero-order valence-corrected chi connectivity index (χ0v) is 15.3. The Morgan fingerprint density at radius 1 is 1.32 bits per heavy atom. The summed E-state index contributed by atoms with van der Waals surface area (Å²) in [5, 5.41) is 3.23. The van der Waals surface area contributed by atoms with Crippen LogP contribution in [0.5, 0.6) is 0 Å². The van der Waals surface area contributed by atoms with E-state index in [0.29, 0.717) is 25.7 Å². The van der Waals surface area contributed by atoms with Crippen LogP contribution in [0.15, 0.2) is 35.8 Å². The monoisotopic (exact) mass is 415 g/mol. The van der Waals surface area contributed by atoms with Crippen molar-refractivity contribution in [2.24, 2.45) is 10.7 Å². The zero-order valence-electron chi connectivity index (χ0n) is 13.0. The van der Waals surface area contributed by atoms with Gasteiger partial charge in [0.2, 0.25) is 0 Å². The number of rotatable bonds is 7. The first-order valence-corrected chi connectivity index (χ1v) is 7.67. The molecule has 0 bridgehead atoms. The number of nitrogens with two attached hydrogens (primary N) is 1. The first-order chi connectivity index (χ1) is 10.3. The SMILES string of the molecule is C=CCCOCCN=C(N)Nc1cccc2c1CCCC2.I. The number of halogens is 1. The highest BCUT2D eigenvalue weighted by Crippen LogP contribution is 2.27. The van der Waals surface area contributed by atoms with Crippen molar-refractivity contribution in [1.82, 2.24) is 0 Å². The summed E-state index contributed by atoms with van der Waals surface area (Å²) in [4.78, 5) is 4.30. The van der Waals surface area contributed by atoms with E-state index in [1.807, 2.05) is 6.08 Å². The van der Waals surface area contributed by atoms with Crippen molar-refractivity contribution in [2.45, 2.75) is 32.1 Å². The molecule has 3 N–H and O–H groups in total. The molecular formula is C17H26IN3O. The molecule has 122 valence electrons. The summed E-state index contributed by atoms with van der Waals surface area (Å²) in [6.45, 7) is 5.50. The van der Waals surface area contributed by atoms with Gasteiger partial charge < -0.3 is 15.8 Å². The molecule has 1 aromatic rings. The van der Waals surface area contributed by atoms with Crippen LogP contribution in [0.3, 0.4) is 0 Å². The molecule has 0 saturated heterocycles. The maximum Gasteiger partial charge on any atom is 0.193 e.